The summed E-state index contributed by atoms with van der Waals surface area (Å²) in [5, 5.41) is 2.21. The van der Waals surface area contributed by atoms with E-state index in [0.29, 0.717) is 29.5 Å². The van der Waals surface area contributed by atoms with Crippen LogP contribution in [0.2, 0.25) is 0 Å². The Labute approximate surface area is 163 Å². The van der Waals surface area contributed by atoms with Crippen LogP contribution in [-0.2, 0) is 20.4 Å². The van der Waals surface area contributed by atoms with E-state index in [1.54, 1.807) is 48.5 Å². The maximum atomic E-state index is 12.8. The number of nitrogens with one attached hydrogen (secondary N) is 1. The fourth-order valence-electron chi connectivity index (χ4n) is 2.98. The van der Waals surface area contributed by atoms with E-state index in [4.69, 9.17) is 4.74 Å². The first-order valence-corrected chi connectivity index (χ1v) is 10.7. The SMILES string of the molecule is O=C1CN(c2ccc(CS(=O)(=O)c3cccc(OCC4CC4)c3)cc2)C(=O)N1. The zero-order valence-electron chi connectivity index (χ0n) is 15.1. The largest absolute Gasteiger partial charge is 0.493 e. The van der Waals surface area contributed by atoms with Gasteiger partial charge in [-0.1, -0.05) is 18.2 Å². The summed E-state index contributed by atoms with van der Waals surface area (Å²) in [5.41, 5.74) is 1.14. The van der Waals surface area contributed by atoms with Gasteiger partial charge in [-0.05, 0) is 54.7 Å². The number of benzene rings is 2. The summed E-state index contributed by atoms with van der Waals surface area (Å²) in [7, 11) is -3.54. The molecule has 28 heavy (non-hydrogen) atoms. The molecule has 0 unspecified atom stereocenters. The molecular weight excluding hydrogens is 380 g/mol. The predicted molar refractivity (Wildman–Crippen MR) is 103 cm³/mol. The van der Waals surface area contributed by atoms with Crippen molar-refractivity contribution in [2.75, 3.05) is 18.1 Å². The molecule has 0 radical (unpaired) electrons. The number of sulfone groups is 1. The van der Waals surface area contributed by atoms with Crippen LogP contribution in [-0.4, -0.2) is 33.5 Å². The molecule has 2 aliphatic rings. The molecule has 3 amide bonds. The first kappa shape index (κ1) is 18.5. The van der Waals surface area contributed by atoms with Crippen LogP contribution in [0.25, 0.3) is 0 Å². The van der Waals surface area contributed by atoms with E-state index in [9.17, 15) is 18.0 Å². The smallest absolute Gasteiger partial charge is 0.329 e. The lowest BCUT2D eigenvalue weighted by Crippen LogP contribution is -2.27. The van der Waals surface area contributed by atoms with E-state index >= 15 is 0 Å². The Balaban J connectivity index is 1.46. The van der Waals surface area contributed by atoms with Crippen molar-refractivity contribution < 1.29 is 22.7 Å². The summed E-state index contributed by atoms with van der Waals surface area (Å²) in [4.78, 5) is 24.5. The first-order valence-electron chi connectivity index (χ1n) is 9.07. The number of carbonyl (C=O) groups is 2. The highest BCUT2D eigenvalue weighted by Gasteiger charge is 2.28. The second kappa shape index (κ2) is 7.27. The van der Waals surface area contributed by atoms with Crippen molar-refractivity contribution in [3.8, 4) is 5.75 Å². The number of anilines is 1. The molecule has 1 heterocycles. The molecule has 1 aliphatic carbocycles. The molecule has 2 aromatic rings. The summed E-state index contributed by atoms with van der Waals surface area (Å²) in [5.74, 6) is 0.630. The predicted octanol–water partition coefficient (Wildman–Crippen LogP) is 2.51. The standard InChI is InChI=1S/C20H20N2O5S/c23-19-11-22(20(24)21-19)16-8-6-15(7-9-16)13-28(25,26)18-3-1-2-17(10-18)27-12-14-4-5-14/h1-3,6-10,14H,4-5,11-13H2,(H,21,23,24). The van der Waals surface area contributed by atoms with E-state index in [-0.39, 0.29) is 23.1 Å². The van der Waals surface area contributed by atoms with Crippen LogP contribution in [0.5, 0.6) is 5.75 Å². The Morgan fingerprint density at radius 2 is 1.82 bits per heavy atom. The number of imide groups is 1. The highest BCUT2D eigenvalue weighted by Crippen LogP contribution is 2.30. The van der Waals surface area contributed by atoms with Gasteiger partial charge < -0.3 is 4.74 Å². The fourth-order valence-corrected chi connectivity index (χ4v) is 4.36. The number of hydrogen-bond donors (Lipinski definition) is 1. The second-order valence-electron chi connectivity index (χ2n) is 7.09. The summed E-state index contributed by atoms with van der Waals surface area (Å²) in [6.45, 7) is 0.585. The molecule has 0 bridgehead atoms. The Kier molecular flexibility index (Phi) is 4.80. The van der Waals surface area contributed by atoms with Crippen molar-refractivity contribution in [1.29, 1.82) is 0 Å². The molecule has 2 fully saturated rings. The maximum absolute atomic E-state index is 12.8. The van der Waals surface area contributed by atoms with Gasteiger partial charge >= 0.3 is 6.03 Å². The van der Waals surface area contributed by atoms with Crippen molar-refractivity contribution in [2.45, 2.75) is 23.5 Å². The van der Waals surface area contributed by atoms with Crippen molar-refractivity contribution in [3.05, 3.63) is 54.1 Å². The minimum absolute atomic E-state index is 0.0376. The van der Waals surface area contributed by atoms with Gasteiger partial charge in [0, 0.05) is 5.69 Å². The van der Waals surface area contributed by atoms with Gasteiger partial charge in [-0.15, -0.1) is 0 Å². The minimum atomic E-state index is -3.54. The Morgan fingerprint density at radius 1 is 1.07 bits per heavy atom. The van der Waals surface area contributed by atoms with Crippen LogP contribution in [0.15, 0.2) is 53.4 Å². The van der Waals surface area contributed by atoms with Crippen LogP contribution in [0.3, 0.4) is 0 Å². The first-order chi connectivity index (χ1) is 13.4. The van der Waals surface area contributed by atoms with Gasteiger partial charge in [-0.2, -0.15) is 0 Å². The maximum Gasteiger partial charge on any atom is 0.329 e. The molecule has 4 rings (SSSR count). The van der Waals surface area contributed by atoms with Gasteiger partial charge in [0.2, 0.25) is 5.91 Å². The molecule has 2 aromatic carbocycles. The van der Waals surface area contributed by atoms with Gasteiger partial charge in [0.05, 0.1) is 17.3 Å². The van der Waals surface area contributed by atoms with E-state index in [0.717, 1.165) is 0 Å². The van der Waals surface area contributed by atoms with Crippen molar-refractivity contribution in [2.24, 2.45) is 5.92 Å². The van der Waals surface area contributed by atoms with Gasteiger partial charge in [-0.3, -0.25) is 15.0 Å². The number of urea groups is 1. The number of carbonyl (C=O) groups excluding carboxylic acids is 2. The van der Waals surface area contributed by atoms with E-state index in [1.807, 2.05) is 0 Å². The van der Waals surface area contributed by atoms with Gasteiger partial charge in [0.25, 0.3) is 0 Å². The molecule has 1 saturated heterocycles. The lowest BCUT2D eigenvalue weighted by atomic mass is 10.2. The number of ether oxygens (including phenoxy) is 1. The number of nitrogens with zero attached hydrogens (tertiary/aromatic N) is 1. The highest BCUT2D eigenvalue weighted by molar-refractivity contribution is 7.90. The third-order valence-corrected chi connectivity index (χ3v) is 6.43. The fraction of sp³-hybridized carbons (Fsp3) is 0.300. The summed E-state index contributed by atoms with van der Waals surface area (Å²) in [6, 6.07) is 12.7. The molecule has 1 aliphatic heterocycles. The molecule has 1 saturated carbocycles. The molecule has 146 valence electrons. The summed E-state index contributed by atoms with van der Waals surface area (Å²) < 4.78 is 31.2. The topological polar surface area (TPSA) is 92.8 Å². The highest BCUT2D eigenvalue weighted by atomic mass is 32.2. The lowest BCUT2D eigenvalue weighted by Gasteiger charge is -2.14. The van der Waals surface area contributed by atoms with E-state index < -0.39 is 15.9 Å². The Morgan fingerprint density at radius 3 is 2.46 bits per heavy atom. The minimum Gasteiger partial charge on any atom is -0.493 e. The van der Waals surface area contributed by atoms with Crippen LogP contribution >= 0.6 is 0 Å². The van der Waals surface area contributed by atoms with E-state index in [2.05, 4.69) is 5.32 Å². The monoisotopic (exact) mass is 400 g/mol. The zero-order valence-corrected chi connectivity index (χ0v) is 15.9. The van der Waals surface area contributed by atoms with Crippen LogP contribution in [0.4, 0.5) is 10.5 Å². The van der Waals surface area contributed by atoms with Crippen molar-refractivity contribution in [1.82, 2.24) is 5.32 Å². The summed E-state index contributed by atoms with van der Waals surface area (Å²) in [6.07, 6.45) is 2.34. The third kappa shape index (κ3) is 4.17. The lowest BCUT2D eigenvalue weighted by molar-refractivity contribution is -0.117. The molecule has 7 nitrogen and oxygen atoms in total. The second-order valence-corrected chi connectivity index (χ2v) is 9.08. The average Bonchev–Trinajstić information content (AvgIpc) is 3.44. The average molecular weight is 400 g/mol. The zero-order chi connectivity index (χ0) is 19.7. The van der Waals surface area contributed by atoms with Gasteiger partial charge in [-0.25, -0.2) is 13.2 Å². The molecular formula is C20H20N2O5S. The summed E-state index contributed by atoms with van der Waals surface area (Å²) >= 11 is 0. The van der Waals surface area contributed by atoms with Crippen LogP contribution < -0.4 is 15.0 Å². The molecule has 0 spiro atoms. The normalized spacial score (nSPS) is 16.9. The van der Waals surface area contributed by atoms with Crippen LogP contribution in [0.1, 0.15) is 18.4 Å². The third-order valence-electron chi connectivity index (χ3n) is 4.75. The molecule has 0 aromatic heterocycles. The Bertz CT molecular complexity index is 1010. The van der Waals surface area contributed by atoms with E-state index in [1.165, 1.54) is 17.7 Å². The van der Waals surface area contributed by atoms with Crippen LogP contribution in [0, 0.1) is 5.92 Å². The van der Waals surface area contributed by atoms with Crippen molar-refractivity contribution in [3.63, 3.8) is 0 Å². The molecule has 0 atom stereocenters. The quantitative estimate of drug-likeness (QED) is 0.721. The molecule has 8 heteroatoms. The number of amides is 3. The number of rotatable bonds is 7. The van der Waals surface area contributed by atoms with Crippen molar-refractivity contribution >= 4 is 27.5 Å². The number of hydrogen-bond acceptors (Lipinski definition) is 5. The molecule has 1 N–H and O–H groups in total. The van der Waals surface area contributed by atoms with Gasteiger partial charge in [0.15, 0.2) is 9.84 Å². The van der Waals surface area contributed by atoms with Gasteiger partial charge in [0.1, 0.15) is 12.3 Å². The Hall–Kier alpha value is -2.87.